The number of benzene rings is 2. The van der Waals surface area contributed by atoms with Crippen molar-refractivity contribution < 1.29 is 66.6 Å². The van der Waals surface area contributed by atoms with Gasteiger partial charge in [-0.3, -0.25) is 42.9 Å². The number of primary amides is 1. The number of rotatable bonds is 24. The van der Waals surface area contributed by atoms with E-state index in [2.05, 4.69) is 36.6 Å². The largest absolute Gasteiger partial charge is 0.399 e. The Labute approximate surface area is 490 Å². The van der Waals surface area contributed by atoms with Crippen LogP contribution in [0.2, 0.25) is 0 Å². The third-order valence-corrected chi connectivity index (χ3v) is 17.8. The number of aryl methyl sites for hydroxylation is 1. The number of β-amino-alcohol motifs (C(OH)–C–C–N with tert-alkyl or cyclic N) is 1. The number of aliphatic hydroxyl groups is 1. The minimum absolute atomic E-state index is 0.0449. The summed E-state index contributed by atoms with van der Waals surface area (Å²) in [6.45, 7) is 9.98. The van der Waals surface area contributed by atoms with Crippen LogP contribution in [0.4, 0.5) is 8.78 Å². The molecule has 0 bridgehead atoms. The van der Waals surface area contributed by atoms with Crippen LogP contribution in [0.15, 0.2) is 54.0 Å². The molecule has 2 aromatic carbocycles. The number of H-pyrrole nitrogens is 1. The summed E-state index contributed by atoms with van der Waals surface area (Å²) in [5, 5.41) is 24.9. The highest BCUT2D eigenvalue weighted by atomic mass is 32.1. The van der Waals surface area contributed by atoms with E-state index in [-0.39, 0.29) is 74.2 Å². The number of nitrogens with one attached hydrogen (secondary N) is 6. The molecule has 84 heavy (non-hydrogen) atoms. The lowest BCUT2D eigenvalue weighted by Gasteiger charge is -2.37. The Hall–Kier alpha value is -6.70. The van der Waals surface area contributed by atoms with Gasteiger partial charge in [0.05, 0.1) is 28.2 Å². The summed E-state index contributed by atoms with van der Waals surface area (Å²) in [6, 6.07) is 5.77. The summed E-state index contributed by atoms with van der Waals surface area (Å²) in [7, 11) is -4.10. The number of unbranched alkanes of at least 4 members (excludes halogenated alkanes) is 4. The number of aliphatic hydroxyl groups excluding tert-OH is 1. The molecule has 27 heteroatoms. The zero-order valence-corrected chi connectivity index (χ0v) is 49.8. The van der Waals surface area contributed by atoms with Crippen molar-refractivity contribution in [2.24, 2.45) is 11.1 Å². The first kappa shape index (κ1) is 64.9. The summed E-state index contributed by atoms with van der Waals surface area (Å²) < 4.78 is 40.5. The summed E-state index contributed by atoms with van der Waals surface area (Å²) in [5.41, 5.74) is 3.98. The Kier molecular flexibility index (Phi) is 21.3. The maximum atomic E-state index is 14.5. The monoisotopic (exact) mass is 1210 g/mol. The average Bonchev–Trinajstić information content (AvgIpc) is 3.34. The van der Waals surface area contributed by atoms with Crippen molar-refractivity contribution in [3.8, 4) is 10.4 Å². The molecule has 458 valence electrons. The standard InChI is InChI=1S/C57H78F2N11O12PS/c1-32(34-13-15-35(16-14-34)48-33(2)62-31-84-48)63-53(77)45-28-39(71)29-69(45)55(79)49(56(3,4)5)67-47(73)12-10-8-7-9-11-24-61-50(74)41(20-22-46(60)72)65-52(76)44-21-18-38-23-25-68(6)30-43(54(78)70(38)44)66-51(75)42-27-36-26-37(17-19-40(36)64-42)57(58,59)83(80,81)82/h13-17,19,26-27,31-32,38-39,41,43-45,49,64,71H,7-12,18,20-25,28-30H2,1-6H3,(H2,60,72)(H,61,74)(H,63,77)(H,65,76)(H,66,75)(H,67,73)(H2,80,81,82)/t32?,38-,39-,41?,43+,44+,45+,49?/m1/s1. The van der Waals surface area contributed by atoms with Crippen LogP contribution in [0.5, 0.6) is 0 Å². The number of amides is 8. The topological polar surface area (TPSA) is 339 Å². The number of hydrogen-bond donors (Lipinski definition) is 10. The second kappa shape index (κ2) is 27.6. The quantitative estimate of drug-likeness (QED) is 0.0348. The summed E-state index contributed by atoms with van der Waals surface area (Å²) in [6.07, 6.45) is 3.22. The second-order valence-corrected chi connectivity index (χ2v) is 25.9. The van der Waals surface area contributed by atoms with Crippen LogP contribution in [-0.2, 0) is 43.8 Å². The number of nitrogens with two attached hydrogens (primary N) is 1. The number of likely N-dealkylation sites (tertiary alicyclic amines) is 1. The van der Waals surface area contributed by atoms with E-state index in [1.165, 1.54) is 15.9 Å². The van der Waals surface area contributed by atoms with Crippen LogP contribution < -0.4 is 32.3 Å². The molecular formula is C57H78F2N11O12PS. The molecule has 4 aromatic rings. The van der Waals surface area contributed by atoms with E-state index >= 15 is 0 Å². The number of aromatic nitrogens is 2. The first-order chi connectivity index (χ1) is 39.5. The zero-order valence-electron chi connectivity index (χ0n) is 48.1. The van der Waals surface area contributed by atoms with Gasteiger partial charge in [-0.05, 0) is 101 Å². The van der Waals surface area contributed by atoms with Crippen molar-refractivity contribution in [2.45, 2.75) is 166 Å². The molecule has 3 fully saturated rings. The molecule has 3 unspecified atom stereocenters. The number of alkyl halides is 2. The number of likely N-dealkylation sites (N-methyl/N-ethyl adjacent to an activating group) is 1. The Bertz CT molecular complexity index is 3110. The molecule has 7 rings (SSSR count). The molecule has 3 aliphatic heterocycles. The van der Waals surface area contributed by atoms with E-state index in [1.54, 1.807) is 23.9 Å². The van der Waals surface area contributed by atoms with Crippen molar-refractivity contribution in [1.82, 2.24) is 51.3 Å². The van der Waals surface area contributed by atoms with Gasteiger partial charge >= 0.3 is 13.3 Å². The maximum absolute atomic E-state index is 14.5. The molecule has 8 amide bonds. The number of hydrogen-bond acceptors (Lipinski definition) is 13. The van der Waals surface area contributed by atoms with Crippen LogP contribution in [0.25, 0.3) is 21.3 Å². The van der Waals surface area contributed by atoms with Gasteiger partial charge in [-0.1, -0.05) is 70.4 Å². The lowest BCUT2D eigenvalue weighted by molar-refractivity contribution is -0.144. The number of aromatic amines is 1. The number of thiazole rings is 1. The van der Waals surface area contributed by atoms with Gasteiger partial charge < -0.3 is 66.9 Å². The third-order valence-electron chi connectivity index (χ3n) is 15.8. The number of carbonyl (C=O) groups excluding carboxylic acids is 8. The fraction of sp³-hybridized carbons (Fsp3) is 0.561. The fourth-order valence-electron chi connectivity index (χ4n) is 11.1. The van der Waals surface area contributed by atoms with E-state index in [0.717, 1.165) is 39.9 Å². The van der Waals surface area contributed by atoms with Crippen molar-refractivity contribution in [3.05, 3.63) is 76.6 Å². The van der Waals surface area contributed by atoms with Gasteiger partial charge in [0.2, 0.25) is 41.4 Å². The van der Waals surface area contributed by atoms with Crippen molar-refractivity contribution in [3.63, 3.8) is 0 Å². The molecule has 3 aliphatic rings. The number of fused-ring (bicyclic) bond motifs is 2. The van der Waals surface area contributed by atoms with E-state index in [0.29, 0.717) is 51.5 Å². The highest BCUT2D eigenvalue weighted by molar-refractivity contribution is 7.52. The Balaban J connectivity index is 0.861. The highest BCUT2D eigenvalue weighted by Gasteiger charge is 2.51. The van der Waals surface area contributed by atoms with Gasteiger partial charge in [-0.25, -0.2) is 4.98 Å². The van der Waals surface area contributed by atoms with Crippen LogP contribution in [0.1, 0.15) is 138 Å². The van der Waals surface area contributed by atoms with Crippen molar-refractivity contribution in [1.29, 1.82) is 0 Å². The minimum Gasteiger partial charge on any atom is -0.391 e. The molecule has 0 aliphatic carbocycles. The Morgan fingerprint density at radius 3 is 2.25 bits per heavy atom. The normalized spacial score (nSPS) is 20.8. The highest BCUT2D eigenvalue weighted by Crippen LogP contribution is 2.59. The minimum atomic E-state index is -5.87. The lowest BCUT2D eigenvalue weighted by atomic mass is 9.85. The molecule has 11 N–H and O–H groups in total. The Morgan fingerprint density at radius 2 is 1.58 bits per heavy atom. The van der Waals surface area contributed by atoms with Crippen molar-refractivity contribution in [2.75, 3.05) is 33.2 Å². The van der Waals surface area contributed by atoms with Gasteiger partial charge in [0.25, 0.3) is 5.91 Å². The van der Waals surface area contributed by atoms with E-state index in [1.807, 2.05) is 63.8 Å². The third kappa shape index (κ3) is 16.0. The predicted octanol–water partition coefficient (Wildman–Crippen LogP) is 4.20. The number of carbonyl (C=O) groups is 8. The fourth-order valence-corrected chi connectivity index (χ4v) is 12.4. The van der Waals surface area contributed by atoms with Gasteiger partial charge in [-0.2, -0.15) is 8.78 Å². The number of nitrogens with zero attached hydrogens (tertiary/aromatic N) is 4. The Morgan fingerprint density at radius 1 is 0.893 bits per heavy atom. The molecule has 2 aromatic heterocycles. The summed E-state index contributed by atoms with van der Waals surface area (Å²) in [4.78, 5) is 140. The molecule has 3 saturated heterocycles. The molecule has 0 saturated carbocycles. The SMILES string of the molecule is Cc1ncsc1-c1ccc(C(C)NC(=O)[C@@H]2C[C@@H](O)CN2C(=O)C(NC(=O)CCCCCCCNC(=O)C(CCC(N)=O)NC(=O)[C@@H]2CC[C@@H]3CCN(C)C[C@H](NC(=O)c4cc5cc(C(F)(F)P(=O)(O)O)ccc5[nH]4)C(=O)N32)C(C)(C)C)cc1. The lowest BCUT2D eigenvalue weighted by Crippen LogP contribution is -2.61. The van der Waals surface area contributed by atoms with Gasteiger partial charge in [0, 0.05) is 61.4 Å². The van der Waals surface area contributed by atoms with Gasteiger partial charge in [0.15, 0.2) is 0 Å². The van der Waals surface area contributed by atoms with Crippen LogP contribution in [0.3, 0.4) is 0 Å². The van der Waals surface area contributed by atoms with Crippen LogP contribution >= 0.6 is 18.9 Å². The molecule has 0 radical (unpaired) electrons. The summed E-state index contributed by atoms with van der Waals surface area (Å²) in [5.74, 6) is -4.44. The van der Waals surface area contributed by atoms with Gasteiger partial charge in [0.1, 0.15) is 35.9 Å². The van der Waals surface area contributed by atoms with Crippen molar-refractivity contribution >= 4 is 77.1 Å². The predicted molar refractivity (Wildman–Crippen MR) is 309 cm³/mol. The van der Waals surface area contributed by atoms with Crippen LogP contribution in [0, 0.1) is 12.3 Å². The van der Waals surface area contributed by atoms with Gasteiger partial charge in [-0.15, -0.1) is 11.3 Å². The molecule has 0 spiro atoms. The average molecular weight is 1210 g/mol. The molecular weight excluding hydrogens is 1130 g/mol. The van der Waals surface area contributed by atoms with Crippen LogP contribution in [-0.4, -0.2) is 162 Å². The van der Waals surface area contributed by atoms with E-state index in [9.17, 15) is 66.6 Å². The molecule has 5 heterocycles. The van der Waals surface area contributed by atoms with E-state index in [4.69, 9.17) is 5.73 Å². The zero-order chi connectivity index (χ0) is 61.4. The first-order valence-corrected chi connectivity index (χ1v) is 30.9. The maximum Gasteiger partial charge on any atom is 0.399 e. The van der Waals surface area contributed by atoms with E-state index < -0.39 is 114 Å². The summed E-state index contributed by atoms with van der Waals surface area (Å²) >= 11 is 1.55. The molecule has 8 atom stereocenters. The smallest absolute Gasteiger partial charge is 0.391 e. The molecule has 23 nitrogen and oxygen atoms in total. The number of halogens is 2. The first-order valence-electron chi connectivity index (χ1n) is 28.4. The second-order valence-electron chi connectivity index (χ2n) is 23.4.